The number of nitrogens with zero attached hydrogens (tertiary/aromatic N) is 2. The molecule has 1 unspecified atom stereocenters. The summed E-state index contributed by atoms with van der Waals surface area (Å²) in [5.41, 5.74) is 0. The lowest BCUT2D eigenvalue weighted by molar-refractivity contribution is 0.117. The highest BCUT2D eigenvalue weighted by molar-refractivity contribution is 7.89. The first-order valence-corrected chi connectivity index (χ1v) is 9.18. The van der Waals surface area contributed by atoms with Crippen LogP contribution in [0.3, 0.4) is 0 Å². The zero-order chi connectivity index (χ0) is 14.6. The first-order valence-electron chi connectivity index (χ1n) is 7.53. The molecule has 118 valence electrons. The summed E-state index contributed by atoms with van der Waals surface area (Å²) in [6, 6.07) is 0.275. The monoisotopic (exact) mass is 304 g/mol. The average molecular weight is 304 g/mol. The summed E-state index contributed by atoms with van der Waals surface area (Å²) in [4.78, 5) is 4.50. The lowest BCUT2D eigenvalue weighted by atomic mass is 10.0. The van der Waals surface area contributed by atoms with Gasteiger partial charge in [0.25, 0.3) is 0 Å². The Morgan fingerprint density at radius 2 is 1.90 bits per heavy atom. The summed E-state index contributed by atoms with van der Waals surface area (Å²) in [5, 5.41) is 3.27. The van der Waals surface area contributed by atoms with Crippen molar-refractivity contribution in [3.63, 3.8) is 0 Å². The Hall–Kier alpha value is -0.210. The molecule has 7 heteroatoms. The fourth-order valence-corrected chi connectivity index (χ4v) is 4.48. The van der Waals surface area contributed by atoms with Crippen LogP contribution in [0, 0.1) is 5.92 Å². The van der Waals surface area contributed by atoms with Crippen LogP contribution >= 0.6 is 0 Å². The van der Waals surface area contributed by atoms with Crippen molar-refractivity contribution >= 4 is 10.0 Å². The van der Waals surface area contributed by atoms with Crippen molar-refractivity contribution in [2.24, 2.45) is 5.92 Å². The predicted octanol–water partition coefficient (Wildman–Crippen LogP) is -0.849. The number of sulfonamides is 1. The second-order valence-electron chi connectivity index (χ2n) is 6.22. The Labute approximate surface area is 122 Å². The van der Waals surface area contributed by atoms with E-state index in [-0.39, 0.29) is 11.8 Å². The van der Waals surface area contributed by atoms with Gasteiger partial charge < -0.3 is 10.2 Å². The van der Waals surface area contributed by atoms with E-state index in [0.29, 0.717) is 12.5 Å². The van der Waals surface area contributed by atoms with Crippen molar-refractivity contribution in [1.82, 2.24) is 19.8 Å². The third-order valence-electron chi connectivity index (χ3n) is 4.43. The third-order valence-corrected chi connectivity index (χ3v) is 5.95. The molecule has 2 N–H and O–H groups in total. The van der Waals surface area contributed by atoms with Gasteiger partial charge in [-0.15, -0.1) is 0 Å². The van der Waals surface area contributed by atoms with E-state index in [9.17, 15) is 8.42 Å². The molecule has 6 nitrogen and oxygen atoms in total. The van der Waals surface area contributed by atoms with Crippen LogP contribution in [-0.2, 0) is 10.0 Å². The van der Waals surface area contributed by atoms with Gasteiger partial charge in [-0.2, -0.15) is 0 Å². The number of piperidine rings is 1. The van der Waals surface area contributed by atoms with Crippen LogP contribution < -0.4 is 10.0 Å². The van der Waals surface area contributed by atoms with Gasteiger partial charge in [-0.05, 0) is 45.9 Å². The van der Waals surface area contributed by atoms with E-state index in [1.165, 1.54) is 0 Å². The molecule has 1 atom stereocenters. The van der Waals surface area contributed by atoms with Gasteiger partial charge in [-0.1, -0.05) is 0 Å². The highest BCUT2D eigenvalue weighted by atomic mass is 32.2. The van der Waals surface area contributed by atoms with Crippen LogP contribution in [0.4, 0.5) is 0 Å². The fourth-order valence-electron chi connectivity index (χ4n) is 2.96. The normalized spacial score (nSPS) is 27.8. The number of piperazine rings is 1. The quantitative estimate of drug-likeness (QED) is 0.693. The van der Waals surface area contributed by atoms with Crippen molar-refractivity contribution in [2.45, 2.75) is 18.9 Å². The van der Waals surface area contributed by atoms with Gasteiger partial charge in [0.2, 0.25) is 10.0 Å². The molecule has 2 aliphatic heterocycles. The van der Waals surface area contributed by atoms with Crippen LogP contribution in [0.1, 0.15) is 12.8 Å². The Balaban J connectivity index is 1.79. The summed E-state index contributed by atoms with van der Waals surface area (Å²) in [6.45, 7) is 5.37. The summed E-state index contributed by atoms with van der Waals surface area (Å²) >= 11 is 0. The van der Waals surface area contributed by atoms with Crippen molar-refractivity contribution in [2.75, 3.05) is 59.1 Å². The Kier molecular flexibility index (Phi) is 5.80. The van der Waals surface area contributed by atoms with E-state index < -0.39 is 10.0 Å². The molecule has 0 aromatic rings. The van der Waals surface area contributed by atoms with Crippen molar-refractivity contribution in [3.05, 3.63) is 0 Å². The maximum Gasteiger partial charge on any atom is 0.211 e. The Bertz CT molecular complexity index is 395. The molecule has 20 heavy (non-hydrogen) atoms. The van der Waals surface area contributed by atoms with Crippen molar-refractivity contribution in [1.29, 1.82) is 0 Å². The molecular formula is C13H28N4O2S. The fraction of sp³-hybridized carbons (Fsp3) is 1.00. The third kappa shape index (κ3) is 4.96. The molecule has 0 saturated carbocycles. The Morgan fingerprint density at radius 3 is 2.60 bits per heavy atom. The van der Waals surface area contributed by atoms with E-state index in [0.717, 1.165) is 45.6 Å². The highest BCUT2D eigenvalue weighted by Crippen LogP contribution is 2.14. The second-order valence-corrected chi connectivity index (χ2v) is 8.07. The Morgan fingerprint density at radius 1 is 1.20 bits per heavy atom. The van der Waals surface area contributed by atoms with Crippen LogP contribution in [0.2, 0.25) is 0 Å². The predicted molar refractivity (Wildman–Crippen MR) is 81.3 cm³/mol. The van der Waals surface area contributed by atoms with E-state index >= 15 is 0 Å². The number of hydrogen-bond acceptors (Lipinski definition) is 5. The van der Waals surface area contributed by atoms with Gasteiger partial charge >= 0.3 is 0 Å². The molecule has 0 aliphatic carbocycles. The topological polar surface area (TPSA) is 64.7 Å². The van der Waals surface area contributed by atoms with Crippen LogP contribution in [0.5, 0.6) is 0 Å². The highest BCUT2D eigenvalue weighted by Gasteiger charge is 2.25. The van der Waals surface area contributed by atoms with E-state index in [2.05, 4.69) is 33.9 Å². The van der Waals surface area contributed by atoms with Crippen molar-refractivity contribution in [3.8, 4) is 0 Å². The molecule has 2 fully saturated rings. The lowest BCUT2D eigenvalue weighted by Crippen LogP contribution is -2.54. The maximum atomic E-state index is 12.2. The molecule has 2 heterocycles. The lowest BCUT2D eigenvalue weighted by Gasteiger charge is -2.37. The van der Waals surface area contributed by atoms with Crippen LogP contribution in [0.15, 0.2) is 0 Å². The standard InChI is InChI=1S/C13H28N4O2S/c1-16-7-8-17(2)13(10-16)9-15-20(18,19)11-12-3-5-14-6-4-12/h12-15H,3-11H2,1-2H3. The summed E-state index contributed by atoms with van der Waals surface area (Å²) in [6.07, 6.45) is 1.93. The largest absolute Gasteiger partial charge is 0.317 e. The summed E-state index contributed by atoms with van der Waals surface area (Å²) in [7, 11) is 1.01. The summed E-state index contributed by atoms with van der Waals surface area (Å²) < 4.78 is 27.1. The minimum Gasteiger partial charge on any atom is -0.317 e. The van der Waals surface area contributed by atoms with Gasteiger partial charge in [0.1, 0.15) is 0 Å². The van der Waals surface area contributed by atoms with Gasteiger partial charge in [0.05, 0.1) is 5.75 Å². The molecule has 0 aromatic heterocycles. The number of rotatable bonds is 5. The number of nitrogens with one attached hydrogen (secondary N) is 2. The minimum atomic E-state index is -3.14. The molecule has 2 rings (SSSR count). The van der Waals surface area contributed by atoms with Crippen molar-refractivity contribution < 1.29 is 8.42 Å². The summed E-state index contributed by atoms with van der Waals surface area (Å²) in [5.74, 6) is 0.585. The molecule has 0 bridgehead atoms. The smallest absolute Gasteiger partial charge is 0.211 e. The average Bonchev–Trinajstić information content (AvgIpc) is 2.40. The van der Waals surface area contributed by atoms with E-state index in [1.54, 1.807) is 0 Å². The first kappa shape index (κ1) is 16.2. The number of likely N-dealkylation sites (N-methyl/N-ethyl adjacent to an activating group) is 2. The zero-order valence-electron chi connectivity index (χ0n) is 12.6. The molecule has 0 radical (unpaired) electrons. The van der Waals surface area contributed by atoms with Gasteiger partial charge in [-0.3, -0.25) is 4.90 Å². The van der Waals surface area contributed by atoms with Gasteiger partial charge in [0.15, 0.2) is 0 Å². The SMILES string of the molecule is CN1CCN(C)C(CNS(=O)(=O)CC2CCNCC2)C1. The second kappa shape index (κ2) is 7.17. The molecule has 0 amide bonds. The molecular weight excluding hydrogens is 276 g/mol. The van der Waals surface area contributed by atoms with E-state index in [1.807, 2.05) is 0 Å². The molecule has 0 spiro atoms. The first-order chi connectivity index (χ1) is 9.46. The molecule has 2 saturated heterocycles. The molecule has 0 aromatic carbocycles. The van der Waals surface area contributed by atoms with Crippen LogP contribution in [-0.4, -0.2) is 83.4 Å². The minimum absolute atomic E-state index is 0.275. The molecule has 2 aliphatic rings. The number of hydrogen-bond donors (Lipinski definition) is 2. The van der Waals surface area contributed by atoms with E-state index in [4.69, 9.17) is 0 Å². The zero-order valence-corrected chi connectivity index (χ0v) is 13.5. The van der Waals surface area contributed by atoms with Crippen LogP contribution in [0.25, 0.3) is 0 Å². The van der Waals surface area contributed by atoms with Gasteiger partial charge in [-0.25, -0.2) is 13.1 Å². The maximum absolute atomic E-state index is 12.2. The van der Waals surface area contributed by atoms with Gasteiger partial charge in [0, 0.05) is 32.2 Å².